The third kappa shape index (κ3) is 7.52. The lowest BCUT2D eigenvalue weighted by Crippen LogP contribution is -2.76. The molecule has 2 amide bonds. The van der Waals surface area contributed by atoms with Crippen LogP contribution in [-0.4, -0.2) is 81.4 Å². The molecule has 7 N–H and O–H groups in total. The summed E-state index contributed by atoms with van der Waals surface area (Å²) in [4.78, 5) is 40.5. The summed E-state index contributed by atoms with van der Waals surface area (Å²) in [6, 6.07) is 4.92. The number of aromatic nitrogens is 1. The lowest BCUT2D eigenvalue weighted by molar-refractivity contribution is -0.214. The molecule has 2 saturated heterocycles. The van der Waals surface area contributed by atoms with E-state index in [1.807, 2.05) is 25.1 Å². The number of carbonyl (C=O) groups is 2. The minimum atomic E-state index is -0.924. The lowest BCUT2D eigenvalue weighted by atomic mass is 9.84. The average molecular weight is 661 g/mol. The van der Waals surface area contributed by atoms with E-state index in [1.54, 1.807) is 19.2 Å². The fourth-order valence-corrected chi connectivity index (χ4v) is 6.57. The summed E-state index contributed by atoms with van der Waals surface area (Å²) in [5.41, 5.74) is 13.2. The number of fused-ring (bicyclic) bond motifs is 1. The van der Waals surface area contributed by atoms with Crippen LogP contribution in [0, 0.1) is 5.92 Å². The number of amides is 2. The minimum absolute atomic E-state index is 0.0497. The number of ether oxygens (including phenoxy) is 1. The van der Waals surface area contributed by atoms with E-state index in [9.17, 15) is 9.59 Å². The first-order valence-electron chi connectivity index (χ1n) is 15.0. The number of hydrogen-bond acceptors (Lipinski definition) is 13. The Balaban J connectivity index is 1.21. The number of carbonyl (C=O) groups excluding carboxylic acids is 2. The lowest BCUT2D eigenvalue weighted by Gasteiger charge is -2.50. The molecule has 0 radical (unpaired) electrons. The fourth-order valence-electron chi connectivity index (χ4n) is 5.69. The third-order valence-corrected chi connectivity index (χ3v) is 9.37. The Kier molecular flexibility index (Phi) is 10.5. The molecule has 3 unspecified atom stereocenters. The number of oxime groups is 1. The molecule has 5 rings (SSSR count). The number of nitrogens with zero attached hydrogens (tertiary/aromatic N) is 4. The molecule has 0 spiro atoms. The number of aryl methyl sites for hydroxylation is 1. The molecule has 244 valence electrons. The van der Waals surface area contributed by atoms with Crippen molar-refractivity contribution >= 4 is 52.2 Å². The van der Waals surface area contributed by atoms with E-state index in [4.69, 9.17) is 29.9 Å². The van der Waals surface area contributed by atoms with Gasteiger partial charge >= 0.3 is 0 Å². The van der Waals surface area contributed by atoms with Gasteiger partial charge in [-0.1, -0.05) is 5.16 Å². The van der Waals surface area contributed by atoms with Gasteiger partial charge < -0.3 is 36.2 Å². The Morgan fingerprint density at radius 1 is 1.36 bits per heavy atom. The maximum absolute atomic E-state index is 13.3. The van der Waals surface area contributed by atoms with Gasteiger partial charge in [-0.05, 0) is 95.6 Å². The monoisotopic (exact) mass is 660 g/mol. The van der Waals surface area contributed by atoms with Crippen molar-refractivity contribution in [2.45, 2.75) is 76.7 Å². The average Bonchev–Trinajstić information content (AvgIpc) is 3.47. The highest BCUT2D eigenvalue weighted by Gasteiger charge is 2.57. The number of benzene rings is 1. The Labute approximate surface area is 270 Å². The first-order chi connectivity index (χ1) is 21.6. The van der Waals surface area contributed by atoms with Crippen LogP contribution < -0.4 is 26.8 Å². The SMILES string of the molecule is CC(O/N=C(\C(=O)NC1C(=O)N(OSO)C1(C)C)c1csc(N)n1)C1CCc2cc(C(N)=NCCC3CCNCC3)ccc2O1. The zero-order valence-corrected chi connectivity index (χ0v) is 27.2. The van der Waals surface area contributed by atoms with Crippen LogP contribution in [-0.2, 0) is 25.1 Å². The van der Waals surface area contributed by atoms with Crippen molar-refractivity contribution in [1.29, 1.82) is 0 Å². The molecular weight excluding hydrogens is 621 g/mol. The Bertz CT molecular complexity index is 1440. The van der Waals surface area contributed by atoms with E-state index in [0.29, 0.717) is 18.2 Å². The molecule has 1 aromatic heterocycles. The van der Waals surface area contributed by atoms with Crippen molar-refractivity contribution in [1.82, 2.24) is 20.7 Å². The van der Waals surface area contributed by atoms with E-state index in [-0.39, 0.29) is 35.0 Å². The zero-order valence-electron chi connectivity index (χ0n) is 25.5. The maximum Gasteiger partial charge on any atom is 0.276 e. The molecule has 1 aromatic carbocycles. The molecule has 45 heavy (non-hydrogen) atoms. The molecule has 0 saturated carbocycles. The first-order valence-corrected chi connectivity index (χ1v) is 16.5. The molecule has 2 fully saturated rings. The largest absolute Gasteiger partial charge is 0.486 e. The summed E-state index contributed by atoms with van der Waals surface area (Å²) < 4.78 is 20.1. The highest BCUT2D eigenvalue weighted by molar-refractivity contribution is 7.88. The van der Waals surface area contributed by atoms with Gasteiger partial charge in [-0.15, -0.1) is 11.3 Å². The van der Waals surface area contributed by atoms with Gasteiger partial charge in [-0.25, -0.2) is 4.98 Å². The molecule has 3 aliphatic heterocycles. The predicted molar refractivity (Wildman–Crippen MR) is 173 cm³/mol. The Hall–Kier alpha value is -3.44. The zero-order chi connectivity index (χ0) is 32.1. The van der Waals surface area contributed by atoms with Crippen LogP contribution in [0.4, 0.5) is 5.13 Å². The van der Waals surface area contributed by atoms with Crippen LogP contribution >= 0.6 is 23.7 Å². The van der Waals surface area contributed by atoms with E-state index >= 15 is 0 Å². The van der Waals surface area contributed by atoms with Crippen molar-refractivity contribution < 1.29 is 28.0 Å². The van der Waals surface area contributed by atoms with Gasteiger partial charge in [-0.3, -0.25) is 14.6 Å². The molecule has 4 heterocycles. The van der Waals surface area contributed by atoms with Crippen LogP contribution in [0.5, 0.6) is 5.75 Å². The van der Waals surface area contributed by atoms with Crippen LogP contribution in [0.3, 0.4) is 0 Å². The number of amidine groups is 1. The molecular formula is C29H40N8O6S2. The second-order valence-electron chi connectivity index (χ2n) is 11.9. The van der Waals surface area contributed by atoms with Gasteiger partial charge in [-0.2, -0.15) is 9.35 Å². The number of aliphatic imine (C=N–C) groups is 1. The number of thiazole rings is 1. The summed E-state index contributed by atoms with van der Waals surface area (Å²) in [5, 5.41) is 13.0. The summed E-state index contributed by atoms with van der Waals surface area (Å²) in [7, 11) is 0. The minimum Gasteiger partial charge on any atom is -0.486 e. The molecule has 2 aromatic rings. The smallest absolute Gasteiger partial charge is 0.276 e. The first kappa shape index (κ1) is 32.9. The van der Waals surface area contributed by atoms with Crippen molar-refractivity contribution in [3.05, 3.63) is 40.4 Å². The summed E-state index contributed by atoms with van der Waals surface area (Å²) in [6.45, 7) is 8.05. The number of anilines is 1. The second kappa shape index (κ2) is 14.3. The van der Waals surface area contributed by atoms with Crippen LogP contribution in [0.25, 0.3) is 0 Å². The van der Waals surface area contributed by atoms with Crippen molar-refractivity contribution in [2.24, 2.45) is 21.8 Å². The van der Waals surface area contributed by atoms with Crippen molar-refractivity contribution in [3.63, 3.8) is 0 Å². The fraction of sp³-hybridized carbons (Fsp3) is 0.552. The number of nitrogen functional groups attached to an aromatic ring is 1. The van der Waals surface area contributed by atoms with Gasteiger partial charge in [0.2, 0.25) is 0 Å². The number of nitrogens with two attached hydrogens (primary N) is 2. The highest BCUT2D eigenvalue weighted by Crippen LogP contribution is 2.34. The molecule has 3 aliphatic rings. The standard InChI is InChI=1S/C29H40N8O6S2/c1-16(21-6-4-18-14-19(5-7-22(18)41-21)25(30)33-13-10-17-8-11-32-12-9-17)42-36-23(20-15-44-28(31)34-20)26(38)35-24-27(39)37(43-45-40)29(24,2)3/h5,7,14-17,21,24,32,40H,4,6,8-13H2,1-3H3,(H2,30,33)(H2,31,34)(H,35,38)/b36-23-. The number of hydroxylamine groups is 2. The number of piperidine rings is 1. The summed E-state index contributed by atoms with van der Waals surface area (Å²) in [5.74, 6) is 0.775. The van der Waals surface area contributed by atoms with Gasteiger partial charge in [0.05, 0.1) is 5.54 Å². The van der Waals surface area contributed by atoms with Crippen LogP contribution in [0.1, 0.15) is 63.3 Å². The topological polar surface area (TPSA) is 199 Å². The van der Waals surface area contributed by atoms with Gasteiger partial charge in [0.25, 0.3) is 11.8 Å². The molecule has 3 atom stereocenters. The van der Waals surface area contributed by atoms with E-state index in [2.05, 4.69) is 25.8 Å². The number of hydrogen-bond donors (Lipinski definition) is 5. The summed E-state index contributed by atoms with van der Waals surface area (Å²) >= 11 is 1.19. The quantitative estimate of drug-likeness (QED) is 0.0737. The van der Waals surface area contributed by atoms with E-state index < -0.39 is 29.5 Å². The third-order valence-electron chi connectivity index (χ3n) is 8.48. The van der Waals surface area contributed by atoms with Gasteiger partial charge in [0, 0.05) is 17.5 Å². The van der Waals surface area contributed by atoms with E-state index in [0.717, 1.165) is 65.8 Å². The summed E-state index contributed by atoms with van der Waals surface area (Å²) in [6.07, 6.45) is 3.97. The van der Waals surface area contributed by atoms with Crippen molar-refractivity contribution in [2.75, 3.05) is 25.4 Å². The van der Waals surface area contributed by atoms with Gasteiger partial charge in [0.1, 0.15) is 29.4 Å². The Morgan fingerprint density at radius 2 is 2.13 bits per heavy atom. The molecule has 14 nitrogen and oxygen atoms in total. The molecule has 0 aliphatic carbocycles. The highest BCUT2D eigenvalue weighted by atomic mass is 32.2. The maximum atomic E-state index is 13.3. The van der Waals surface area contributed by atoms with Crippen molar-refractivity contribution in [3.8, 4) is 5.75 Å². The van der Waals surface area contributed by atoms with Crippen LogP contribution in [0.15, 0.2) is 33.7 Å². The number of nitrogens with one attached hydrogen (secondary N) is 2. The predicted octanol–water partition coefficient (Wildman–Crippen LogP) is 2.48. The van der Waals surface area contributed by atoms with Gasteiger partial charge in [0.15, 0.2) is 29.3 Å². The molecule has 16 heteroatoms. The number of β-lactam (4-membered cyclic amide) rings is 1. The molecule has 0 bridgehead atoms. The normalized spacial score (nSPS) is 22.7. The Morgan fingerprint density at radius 3 is 2.82 bits per heavy atom. The second-order valence-corrected chi connectivity index (χ2v) is 13.1. The van der Waals surface area contributed by atoms with Crippen LogP contribution in [0.2, 0.25) is 0 Å². The number of rotatable bonds is 12. The van der Waals surface area contributed by atoms with E-state index in [1.165, 1.54) is 12.8 Å².